The number of halogens is 1. The van der Waals surface area contributed by atoms with Gasteiger partial charge in [0.2, 0.25) is 5.91 Å². The highest BCUT2D eigenvalue weighted by Gasteiger charge is 2.25. The summed E-state index contributed by atoms with van der Waals surface area (Å²) >= 11 is 0. The number of aromatic nitrogens is 2. The molecule has 0 saturated heterocycles. The predicted molar refractivity (Wildman–Crippen MR) is 93.7 cm³/mol. The van der Waals surface area contributed by atoms with E-state index < -0.39 is 5.97 Å². The number of rotatable bonds is 5. The molecule has 0 atom stereocenters. The molecular weight excluding hydrogens is 337 g/mol. The van der Waals surface area contributed by atoms with Crippen LogP contribution in [-0.2, 0) is 16.1 Å². The summed E-state index contributed by atoms with van der Waals surface area (Å²) in [5.41, 5.74) is 2.55. The Balaban J connectivity index is 1.76. The van der Waals surface area contributed by atoms with Crippen LogP contribution in [-0.4, -0.2) is 34.2 Å². The average molecular weight is 355 g/mol. The molecule has 6 nitrogen and oxygen atoms in total. The van der Waals surface area contributed by atoms with Crippen molar-refractivity contribution in [2.45, 2.75) is 25.4 Å². The van der Waals surface area contributed by atoms with Gasteiger partial charge in [0.15, 0.2) is 0 Å². The molecule has 0 unspecified atom stereocenters. The number of nitrogens with zero attached hydrogens (tertiary/aromatic N) is 2. The van der Waals surface area contributed by atoms with Gasteiger partial charge < -0.3 is 19.2 Å². The van der Waals surface area contributed by atoms with Gasteiger partial charge >= 0.3 is 5.97 Å². The zero-order valence-electron chi connectivity index (χ0n) is 14.2. The highest BCUT2D eigenvalue weighted by Crippen LogP contribution is 2.26. The second-order valence-electron chi connectivity index (χ2n) is 6.38. The topological polar surface area (TPSA) is 65.3 Å². The summed E-state index contributed by atoms with van der Waals surface area (Å²) in [4.78, 5) is 24.4. The lowest BCUT2D eigenvalue weighted by atomic mass is 10.3. The predicted octanol–water partition coefficient (Wildman–Crippen LogP) is 2.64. The van der Waals surface area contributed by atoms with Crippen LogP contribution in [0, 0.1) is 5.82 Å². The van der Waals surface area contributed by atoms with Gasteiger partial charge in [-0.05, 0) is 49.2 Å². The molecule has 1 saturated carbocycles. The second-order valence-corrected chi connectivity index (χ2v) is 6.38. The molecule has 3 aromatic rings. The molecule has 1 fully saturated rings. The first kappa shape index (κ1) is 16.4. The van der Waals surface area contributed by atoms with Crippen LogP contribution in [0.4, 0.5) is 4.39 Å². The average Bonchev–Trinajstić information content (AvgIpc) is 3.23. The minimum atomic E-state index is -0.508. The van der Waals surface area contributed by atoms with Crippen molar-refractivity contribution in [1.29, 1.82) is 0 Å². The molecule has 1 aliphatic carbocycles. The number of benzene rings is 1. The van der Waals surface area contributed by atoms with E-state index in [2.05, 4.69) is 5.32 Å². The minimum absolute atomic E-state index is 0.0395. The van der Waals surface area contributed by atoms with E-state index in [-0.39, 0.29) is 24.3 Å². The van der Waals surface area contributed by atoms with E-state index in [4.69, 9.17) is 4.74 Å². The van der Waals surface area contributed by atoms with Crippen LogP contribution in [0.1, 0.15) is 23.3 Å². The maximum absolute atomic E-state index is 13.2. The number of amides is 1. The van der Waals surface area contributed by atoms with Crippen molar-refractivity contribution in [2.24, 2.45) is 0 Å². The summed E-state index contributed by atoms with van der Waals surface area (Å²) in [6.45, 7) is 0.0395. The Morgan fingerprint density at radius 2 is 1.92 bits per heavy atom. The minimum Gasteiger partial charge on any atom is -0.464 e. The Kier molecular flexibility index (Phi) is 3.99. The molecule has 26 heavy (non-hydrogen) atoms. The lowest BCUT2D eigenvalue weighted by Crippen LogP contribution is -2.30. The van der Waals surface area contributed by atoms with Crippen LogP contribution in [0.5, 0.6) is 0 Å². The van der Waals surface area contributed by atoms with Crippen LogP contribution in [0.25, 0.3) is 16.7 Å². The lowest BCUT2D eigenvalue weighted by Gasteiger charge is -2.09. The molecule has 0 radical (unpaired) electrons. The third-order valence-corrected chi connectivity index (χ3v) is 4.50. The van der Waals surface area contributed by atoms with Gasteiger partial charge in [0, 0.05) is 17.9 Å². The fourth-order valence-electron chi connectivity index (χ4n) is 3.06. The Morgan fingerprint density at radius 1 is 1.19 bits per heavy atom. The highest BCUT2D eigenvalue weighted by atomic mass is 19.1. The van der Waals surface area contributed by atoms with Crippen molar-refractivity contribution >= 4 is 22.9 Å². The first-order valence-corrected chi connectivity index (χ1v) is 8.41. The molecule has 1 amide bonds. The van der Waals surface area contributed by atoms with E-state index in [1.165, 1.54) is 19.2 Å². The maximum Gasteiger partial charge on any atom is 0.354 e. The monoisotopic (exact) mass is 355 g/mol. The third-order valence-electron chi connectivity index (χ3n) is 4.50. The van der Waals surface area contributed by atoms with Crippen molar-refractivity contribution in [2.75, 3.05) is 7.11 Å². The van der Waals surface area contributed by atoms with Crippen molar-refractivity contribution in [3.05, 3.63) is 54.1 Å². The van der Waals surface area contributed by atoms with Gasteiger partial charge in [0.05, 0.1) is 18.1 Å². The van der Waals surface area contributed by atoms with Gasteiger partial charge in [-0.2, -0.15) is 0 Å². The smallest absolute Gasteiger partial charge is 0.354 e. The number of carbonyl (C=O) groups excluding carboxylic acids is 2. The first-order valence-electron chi connectivity index (χ1n) is 8.41. The fourth-order valence-corrected chi connectivity index (χ4v) is 3.06. The normalized spacial score (nSPS) is 13.8. The molecule has 2 aromatic heterocycles. The van der Waals surface area contributed by atoms with Crippen molar-refractivity contribution in [3.63, 3.8) is 0 Å². The molecule has 4 rings (SSSR count). The Bertz CT molecular complexity index is 984. The summed E-state index contributed by atoms with van der Waals surface area (Å²) < 4.78 is 21.6. The van der Waals surface area contributed by atoms with Gasteiger partial charge in [-0.1, -0.05) is 0 Å². The van der Waals surface area contributed by atoms with Gasteiger partial charge in [-0.15, -0.1) is 0 Å². The standard InChI is InChI=1S/C19H18FN3O3/c1-26-19(25)17-10-16-15(23(17)11-18(24)21-13-4-5-13)8-9-22(16)14-6-2-12(20)3-7-14/h2-3,6-10,13H,4-5,11H2,1H3,(H,21,24). The van der Waals surface area contributed by atoms with E-state index in [0.717, 1.165) is 29.6 Å². The molecule has 134 valence electrons. The summed E-state index contributed by atoms with van der Waals surface area (Å²) in [7, 11) is 1.31. The number of ether oxygens (including phenoxy) is 1. The number of fused-ring (bicyclic) bond motifs is 1. The van der Waals surface area contributed by atoms with E-state index in [1.807, 2.05) is 16.8 Å². The molecule has 1 aromatic carbocycles. The molecule has 0 spiro atoms. The number of hydrogen-bond acceptors (Lipinski definition) is 3. The van der Waals surface area contributed by atoms with Crippen LogP contribution in [0.15, 0.2) is 42.6 Å². The fraction of sp³-hybridized carbons (Fsp3) is 0.263. The summed E-state index contributed by atoms with van der Waals surface area (Å²) in [5, 5.41) is 2.93. The van der Waals surface area contributed by atoms with Gasteiger partial charge in [-0.25, -0.2) is 9.18 Å². The van der Waals surface area contributed by atoms with Gasteiger partial charge in [-0.3, -0.25) is 4.79 Å². The summed E-state index contributed by atoms with van der Waals surface area (Å²) in [5.74, 6) is -0.961. The number of hydrogen-bond donors (Lipinski definition) is 1. The Morgan fingerprint density at radius 3 is 2.58 bits per heavy atom. The molecule has 1 N–H and O–H groups in total. The van der Waals surface area contributed by atoms with Gasteiger partial charge in [0.1, 0.15) is 18.1 Å². The Hall–Kier alpha value is -3.09. The highest BCUT2D eigenvalue weighted by molar-refractivity contribution is 5.96. The van der Waals surface area contributed by atoms with E-state index in [1.54, 1.807) is 22.8 Å². The second kappa shape index (κ2) is 6.33. The number of esters is 1. The van der Waals surface area contributed by atoms with Crippen molar-refractivity contribution in [1.82, 2.24) is 14.5 Å². The Labute approximate surface area is 149 Å². The van der Waals surface area contributed by atoms with Crippen LogP contribution < -0.4 is 5.32 Å². The van der Waals surface area contributed by atoms with E-state index in [9.17, 15) is 14.0 Å². The number of carbonyl (C=O) groups is 2. The van der Waals surface area contributed by atoms with E-state index in [0.29, 0.717) is 5.69 Å². The van der Waals surface area contributed by atoms with Crippen LogP contribution >= 0.6 is 0 Å². The first-order chi connectivity index (χ1) is 12.6. The van der Waals surface area contributed by atoms with Crippen molar-refractivity contribution < 1.29 is 18.7 Å². The SMILES string of the molecule is COC(=O)c1cc2c(ccn2-c2ccc(F)cc2)n1CC(=O)NC1CC1. The lowest BCUT2D eigenvalue weighted by molar-refractivity contribution is -0.121. The largest absolute Gasteiger partial charge is 0.464 e. The molecule has 0 bridgehead atoms. The summed E-state index contributed by atoms with van der Waals surface area (Å²) in [6, 6.07) is 9.84. The molecule has 2 heterocycles. The third kappa shape index (κ3) is 2.96. The van der Waals surface area contributed by atoms with E-state index >= 15 is 0 Å². The number of methoxy groups -OCH3 is 1. The van der Waals surface area contributed by atoms with Crippen molar-refractivity contribution in [3.8, 4) is 5.69 Å². The summed E-state index contributed by atoms with van der Waals surface area (Å²) in [6.07, 6.45) is 3.82. The molecule has 1 aliphatic rings. The molecule has 7 heteroatoms. The van der Waals surface area contributed by atoms with Gasteiger partial charge in [0.25, 0.3) is 0 Å². The van der Waals surface area contributed by atoms with Crippen LogP contribution in [0.3, 0.4) is 0 Å². The molecule has 0 aliphatic heterocycles. The zero-order chi connectivity index (χ0) is 18.3. The van der Waals surface area contributed by atoms with Crippen LogP contribution in [0.2, 0.25) is 0 Å². The molecular formula is C19H18FN3O3. The number of nitrogens with one attached hydrogen (secondary N) is 1. The zero-order valence-corrected chi connectivity index (χ0v) is 14.2. The maximum atomic E-state index is 13.2. The quantitative estimate of drug-likeness (QED) is 0.716.